The second kappa shape index (κ2) is 10.4. The van der Waals surface area contributed by atoms with Crippen LogP contribution in [0.2, 0.25) is 0 Å². The molecule has 0 spiro atoms. The normalized spacial score (nSPS) is 11.7. The first kappa shape index (κ1) is 21.3. The monoisotopic (exact) mass is 417 g/mol. The van der Waals surface area contributed by atoms with Gasteiger partial charge in [0, 0.05) is 11.5 Å². The molecule has 0 saturated carbocycles. The lowest BCUT2D eigenvalue weighted by atomic mass is 9.83. The number of carbonyl (C=O) groups excluding carboxylic acids is 1. The summed E-state index contributed by atoms with van der Waals surface area (Å²) in [5.74, 6) is 0.0608. The Morgan fingerprint density at radius 2 is 1.22 bits per heavy atom. The number of hydrogen-bond acceptors (Lipinski definition) is 1. The molecule has 158 valence electrons. The molecule has 4 aromatic carbocycles. The Kier molecular flexibility index (Phi) is 6.94. The third kappa shape index (κ3) is 5.04. The number of rotatable bonds is 8. The Bertz CT molecular complexity index is 1110. The number of benzene rings is 4. The minimum Gasteiger partial charge on any atom is -0.345 e. The van der Waals surface area contributed by atoms with Crippen LogP contribution < -0.4 is 5.32 Å². The summed E-state index contributed by atoms with van der Waals surface area (Å²) in [6.07, 6.45) is 2.59. The van der Waals surface area contributed by atoms with Crippen molar-refractivity contribution in [3.63, 3.8) is 0 Å². The van der Waals surface area contributed by atoms with Crippen LogP contribution in [-0.2, 0) is 0 Å². The molecule has 0 aliphatic rings. The van der Waals surface area contributed by atoms with Gasteiger partial charge in [0.25, 0.3) is 5.91 Å². The summed E-state index contributed by atoms with van der Waals surface area (Å²) < 4.78 is 0. The van der Waals surface area contributed by atoms with Gasteiger partial charge < -0.3 is 5.32 Å². The summed E-state index contributed by atoms with van der Waals surface area (Å²) in [5, 5.41) is 3.31. The van der Waals surface area contributed by atoms with Crippen LogP contribution >= 0.6 is 0 Å². The maximum Gasteiger partial charge on any atom is 0.251 e. The molecule has 0 aliphatic heterocycles. The van der Waals surface area contributed by atoms with Crippen LogP contribution in [0.25, 0.3) is 6.08 Å². The highest BCUT2D eigenvalue weighted by Gasteiger charge is 2.24. The van der Waals surface area contributed by atoms with Gasteiger partial charge in [0.1, 0.15) is 0 Å². The summed E-state index contributed by atoms with van der Waals surface area (Å²) in [4.78, 5) is 13.1. The van der Waals surface area contributed by atoms with Gasteiger partial charge in [-0.2, -0.15) is 0 Å². The Labute approximate surface area is 190 Å². The molecule has 2 nitrogen and oxygen atoms in total. The first-order chi connectivity index (χ1) is 15.8. The highest BCUT2D eigenvalue weighted by atomic mass is 16.1. The SMILES string of the molecule is C=Cc1ccccc1C(CC(c1ccccc1)c1ccccc1)NC(=O)c1ccccc1. The summed E-state index contributed by atoms with van der Waals surface area (Å²) in [7, 11) is 0. The smallest absolute Gasteiger partial charge is 0.251 e. The van der Waals surface area contributed by atoms with Gasteiger partial charge in [0.15, 0.2) is 0 Å². The molecule has 1 N–H and O–H groups in total. The molecule has 1 atom stereocenters. The van der Waals surface area contributed by atoms with Crippen LogP contribution in [0.1, 0.15) is 51.0 Å². The lowest BCUT2D eigenvalue weighted by Gasteiger charge is -2.27. The van der Waals surface area contributed by atoms with E-state index in [1.807, 2.05) is 66.7 Å². The van der Waals surface area contributed by atoms with Gasteiger partial charge >= 0.3 is 0 Å². The first-order valence-corrected chi connectivity index (χ1v) is 10.9. The highest BCUT2D eigenvalue weighted by Crippen LogP contribution is 2.35. The molecule has 0 fully saturated rings. The van der Waals surface area contributed by atoms with E-state index in [0.717, 1.165) is 17.5 Å². The Morgan fingerprint density at radius 3 is 1.78 bits per heavy atom. The van der Waals surface area contributed by atoms with Gasteiger partial charge in [-0.15, -0.1) is 0 Å². The second-order valence-electron chi connectivity index (χ2n) is 7.83. The van der Waals surface area contributed by atoms with E-state index >= 15 is 0 Å². The van der Waals surface area contributed by atoms with Crippen molar-refractivity contribution >= 4 is 12.0 Å². The molecule has 0 radical (unpaired) electrons. The van der Waals surface area contributed by atoms with Gasteiger partial charge in [-0.05, 0) is 40.8 Å². The zero-order valence-electron chi connectivity index (χ0n) is 18.0. The standard InChI is InChI=1S/C30H27NO/c1-2-23-14-12-13-21-27(23)29(31-30(32)26-19-10-5-11-20-26)22-28(24-15-6-3-7-16-24)25-17-8-4-9-18-25/h2-21,28-29H,1,22H2,(H,31,32). The van der Waals surface area contributed by atoms with E-state index in [1.165, 1.54) is 11.1 Å². The zero-order valence-corrected chi connectivity index (χ0v) is 18.0. The van der Waals surface area contributed by atoms with Crippen LogP contribution in [0.15, 0.2) is 122 Å². The minimum absolute atomic E-state index is 0.0747. The second-order valence-corrected chi connectivity index (χ2v) is 7.83. The highest BCUT2D eigenvalue weighted by molar-refractivity contribution is 5.94. The summed E-state index contributed by atoms with van der Waals surface area (Å²) in [6, 6.07) is 38.3. The molecule has 1 unspecified atom stereocenters. The van der Waals surface area contributed by atoms with Crippen molar-refractivity contribution in [2.24, 2.45) is 0 Å². The lowest BCUT2D eigenvalue weighted by Crippen LogP contribution is -2.30. The van der Waals surface area contributed by atoms with Crippen molar-refractivity contribution in [1.29, 1.82) is 0 Å². The average Bonchev–Trinajstić information content (AvgIpc) is 2.88. The molecule has 1 amide bonds. The van der Waals surface area contributed by atoms with Crippen molar-refractivity contribution in [3.05, 3.63) is 150 Å². The average molecular weight is 418 g/mol. The molecule has 32 heavy (non-hydrogen) atoms. The Balaban J connectivity index is 1.74. The fraction of sp³-hybridized carbons (Fsp3) is 0.100. The predicted molar refractivity (Wildman–Crippen MR) is 133 cm³/mol. The molecule has 0 heterocycles. The van der Waals surface area contributed by atoms with E-state index in [9.17, 15) is 4.79 Å². The predicted octanol–water partition coefficient (Wildman–Crippen LogP) is 7.02. The van der Waals surface area contributed by atoms with Crippen LogP contribution in [0.3, 0.4) is 0 Å². The van der Waals surface area contributed by atoms with E-state index in [4.69, 9.17) is 0 Å². The van der Waals surface area contributed by atoms with E-state index in [0.29, 0.717) is 5.56 Å². The third-order valence-corrected chi connectivity index (χ3v) is 5.81. The summed E-state index contributed by atoms with van der Waals surface area (Å²) >= 11 is 0. The van der Waals surface area contributed by atoms with Crippen molar-refractivity contribution in [2.45, 2.75) is 18.4 Å². The number of hydrogen-bond donors (Lipinski definition) is 1. The van der Waals surface area contributed by atoms with Crippen LogP contribution in [0.5, 0.6) is 0 Å². The van der Waals surface area contributed by atoms with Crippen molar-refractivity contribution in [2.75, 3.05) is 0 Å². The Morgan fingerprint density at radius 1 is 0.719 bits per heavy atom. The fourth-order valence-corrected chi connectivity index (χ4v) is 4.18. The number of amides is 1. The van der Waals surface area contributed by atoms with Crippen molar-refractivity contribution in [3.8, 4) is 0 Å². The third-order valence-electron chi connectivity index (χ3n) is 5.81. The van der Waals surface area contributed by atoms with Gasteiger partial charge in [0.2, 0.25) is 0 Å². The maximum atomic E-state index is 13.1. The molecular formula is C30H27NO. The quantitative estimate of drug-likeness (QED) is 0.328. The van der Waals surface area contributed by atoms with E-state index in [2.05, 4.69) is 66.5 Å². The van der Waals surface area contributed by atoms with Crippen molar-refractivity contribution < 1.29 is 4.79 Å². The van der Waals surface area contributed by atoms with E-state index in [1.54, 1.807) is 0 Å². The fourth-order valence-electron chi connectivity index (χ4n) is 4.18. The topological polar surface area (TPSA) is 29.1 Å². The Hall–Kier alpha value is -3.91. The molecule has 0 aromatic heterocycles. The molecule has 0 saturated heterocycles. The van der Waals surface area contributed by atoms with Gasteiger partial charge in [-0.3, -0.25) is 4.79 Å². The van der Waals surface area contributed by atoms with Gasteiger partial charge in [-0.25, -0.2) is 0 Å². The molecule has 4 rings (SSSR count). The zero-order chi connectivity index (χ0) is 22.2. The minimum atomic E-state index is -0.178. The van der Waals surface area contributed by atoms with Crippen LogP contribution in [0.4, 0.5) is 0 Å². The largest absolute Gasteiger partial charge is 0.345 e. The number of carbonyl (C=O) groups is 1. The van der Waals surface area contributed by atoms with Gasteiger partial charge in [-0.1, -0.05) is 116 Å². The van der Waals surface area contributed by atoms with E-state index < -0.39 is 0 Å². The van der Waals surface area contributed by atoms with Crippen molar-refractivity contribution in [1.82, 2.24) is 5.32 Å². The molecule has 0 bridgehead atoms. The summed E-state index contributed by atoms with van der Waals surface area (Å²) in [5.41, 5.74) is 5.22. The number of nitrogens with one attached hydrogen (secondary N) is 1. The molecule has 4 aromatic rings. The molecular weight excluding hydrogens is 390 g/mol. The maximum absolute atomic E-state index is 13.1. The molecule has 2 heteroatoms. The van der Waals surface area contributed by atoms with E-state index in [-0.39, 0.29) is 17.9 Å². The lowest BCUT2D eigenvalue weighted by molar-refractivity contribution is 0.0933. The first-order valence-electron chi connectivity index (χ1n) is 10.9. The van der Waals surface area contributed by atoms with Crippen LogP contribution in [0, 0.1) is 0 Å². The summed E-state index contributed by atoms with van der Waals surface area (Å²) in [6.45, 7) is 3.99. The molecule has 0 aliphatic carbocycles. The van der Waals surface area contributed by atoms with Crippen LogP contribution in [-0.4, -0.2) is 5.91 Å². The van der Waals surface area contributed by atoms with Gasteiger partial charge in [0.05, 0.1) is 6.04 Å².